The first-order chi connectivity index (χ1) is 15.8. The molecule has 2 amide bonds. The van der Waals surface area contributed by atoms with Crippen molar-refractivity contribution in [3.63, 3.8) is 0 Å². The van der Waals surface area contributed by atoms with E-state index in [0.29, 0.717) is 25.2 Å². The molecule has 1 atom stereocenters. The Morgan fingerprint density at radius 2 is 1.88 bits per heavy atom. The van der Waals surface area contributed by atoms with Gasteiger partial charge in [-0.25, -0.2) is 17.8 Å². The van der Waals surface area contributed by atoms with Crippen molar-refractivity contribution >= 4 is 44.0 Å². The molecule has 0 saturated carbocycles. The summed E-state index contributed by atoms with van der Waals surface area (Å²) in [6.07, 6.45) is 2.18. The summed E-state index contributed by atoms with van der Waals surface area (Å²) in [5.74, 6) is -1.22. The lowest BCUT2D eigenvalue weighted by Gasteiger charge is -2.16. The highest BCUT2D eigenvalue weighted by atomic mass is 32.2. The minimum Gasteiger partial charge on any atom is -0.342 e. The van der Waals surface area contributed by atoms with Crippen molar-refractivity contribution in [3.05, 3.63) is 71.5 Å². The van der Waals surface area contributed by atoms with Gasteiger partial charge in [-0.1, -0.05) is 12.1 Å². The molecule has 8 nitrogen and oxygen atoms in total. The van der Waals surface area contributed by atoms with Gasteiger partial charge in [-0.2, -0.15) is 0 Å². The monoisotopic (exact) mass is 488 g/mol. The normalized spacial score (nSPS) is 16.1. The van der Waals surface area contributed by atoms with E-state index in [1.807, 2.05) is 0 Å². The topological polar surface area (TPSA) is 108 Å². The summed E-state index contributed by atoms with van der Waals surface area (Å²) in [6.45, 7) is 0.753. The number of thiazole rings is 1. The fourth-order valence-corrected chi connectivity index (χ4v) is 5.28. The predicted octanol–water partition coefficient (Wildman–Crippen LogP) is 3.11. The maximum atomic E-state index is 13.0. The number of sulfonamides is 1. The first-order valence-electron chi connectivity index (χ1n) is 10.2. The van der Waals surface area contributed by atoms with Crippen LogP contribution >= 0.6 is 11.3 Å². The number of hydrogen-bond acceptors (Lipinski definition) is 6. The summed E-state index contributed by atoms with van der Waals surface area (Å²) in [5, 5.41) is 4.67. The molecule has 0 radical (unpaired) electrons. The molecule has 0 unspecified atom stereocenters. The summed E-state index contributed by atoms with van der Waals surface area (Å²) in [4.78, 5) is 30.5. The number of carbonyl (C=O) groups excluding carboxylic acids is 2. The standard InChI is InChI=1S/C22H21FN4O4S2/c23-17-3-1-15(2-4-17)9-11-27-14-16(13-20(27)28)21(29)25-18-5-7-19(8-6-18)33(30,31)26-22-24-10-12-32-22/h1-8,10,12,16H,9,11,13-14H2,(H,24,26)(H,25,29)/t16-/m1/s1. The van der Waals surface area contributed by atoms with Crippen LogP contribution in [-0.4, -0.2) is 43.2 Å². The highest BCUT2D eigenvalue weighted by Gasteiger charge is 2.34. The van der Waals surface area contributed by atoms with Gasteiger partial charge >= 0.3 is 0 Å². The Bertz CT molecular complexity index is 1230. The number of rotatable bonds is 8. The average Bonchev–Trinajstić information content (AvgIpc) is 3.43. The summed E-state index contributed by atoms with van der Waals surface area (Å²) < 4.78 is 40.2. The van der Waals surface area contributed by atoms with Crippen molar-refractivity contribution in [1.29, 1.82) is 0 Å². The predicted molar refractivity (Wildman–Crippen MR) is 123 cm³/mol. The SMILES string of the molecule is O=C(Nc1ccc(S(=O)(=O)Nc2nccs2)cc1)[C@@H]1CC(=O)N(CCc2ccc(F)cc2)C1. The maximum Gasteiger partial charge on any atom is 0.263 e. The molecule has 2 aromatic carbocycles. The van der Waals surface area contributed by atoms with E-state index in [1.165, 1.54) is 53.9 Å². The molecule has 33 heavy (non-hydrogen) atoms. The van der Waals surface area contributed by atoms with Crippen LogP contribution in [0, 0.1) is 11.7 Å². The van der Waals surface area contributed by atoms with Crippen LogP contribution in [0.4, 0.5) is 15.2 Å². The van der Waals surface area contributed by atoms with E-state index >= 15 is 0 Å². The number of hydrogen-bond donors (Lipinski definition) is 2. The molecule has 172 valence electrons. The summed E-state index contributed by atoms with van der Waals surface area (Å²) >= 11 is 1.17. The van der Waals surface area contributed by atoms with Gasteiger partial charge in [0.05, 0.1) is 10.8 Å². The number of nitrogens with one attached hydrogen (secondary N) is 2. The minimum absolute atomic E-state index is 0.0405. The maximum absolute atomic E-state index is 13.0. The van der Waals surface area contributed by atoms with Crippen molar-refractivity contribution in [2.75, 3.05) is 23.1 Å². The van der Waals surface area contributed by atoms with Crippen molar-refractivity contribution in [2.24, 2.45) is 5.92 Å². The van der Waals surface area contributed by atoms with Gasteiger partial charge in [-0.05, 0) is 48.4 Å². The van der Waals surface area contributed by atoms with Crippen LogP contribution in [0.1, 0.15) is 12.0 Å². The van der Waals surface area contributed by atoms with Gasteiger partial charge in [0, 0.05) is 36.8 Å². The molecule has 0 aliphatic carbocycles. The van der Waals surface area contributed by atoms with E-state index in [4.69, 9.17) is 0 Å². The second kappa shape index (κ2) is 9.67. The largest absolute Gasteiger partial charge is 0.342 e. The second-order valence-electron chi connectivity index (χ2n) is 7.57. The first kappa shape index (κ1) is 22.9. The van der Waals surface area contributed by atoms with Gasteiger partial charge in [0.1, 0.15) is 5.82 Å². The van der Waals surface area contributed by atoms with Crippen LogP contribution in [0.5, 0.6) is 0 Å². The van der Waals surface area contributed by atoms with Crippen LogP contribution < -0.4 is 10.0 Å². The van der Waals surface area contributed by atoms with Crippen LogP contribution in [0.3, 0.4) is 0 Å². The van der Waals surface area contributed by atoms with Crippen molar-refractivity contribution in [2.45, 2.75) is 17.7 Å². The zero-order valence-corrected chi connectivity index (χ0v) is 19.0. The van der Waals surface area contributed by atoms with Gasteiger partial charge in [0.2, 0.25) is 11.8 Å². The third kappa shape index (κ3) is 5.74. The molecule has 1 aromatic heterocycles. The lowest BCUT2D eigenvalue weighted by Crippen LogP contribution is -2.30. The Balaban J connectivity index is 1.31. The van der Waals surface area contributed by atoms with Gasteiger partial charge in [0.25, 0.3) is 10.0 Å². The fourth-order valence-electron chi connectivity index (χ4n) is 3.49. The highest BCUT2D eigenvalue weighted by Crippen LogP contribution is 2.22. The molecule has 0 spiro atoms. The Kier molecular flexibility index (Phi) is 6.70. The molecule has 2 heterocycles. The molecule has 4 rings (SSSR count). The zero-order chi connectivity index (χ0) is 23.4. The summed E-state index contributed by atoms with van der Waals surface area (Å²) in [7, 11) is -3.78. The number of benzene rings is 2. The molecule has 0 bridgehead atoms. The lowest BCUT2D eigenvalue weighted by molar-refractivity contribution is -0.128. The van der Waals surface area contributed by atoms with E-state index < -0.39 is 15.9 Å². The van der Waals surface area contributed by atoms with Crippen LogP contribution in [0.2, 0.25) is 0 Å². The molecule has 11 heteroatoms. The third-order valence-electron chi connectivity index (χ3n) is 5.26. The number of amides is 2. The van der Waals surface area contributed by atoms with Gasteiger partial charge < -0.3 is 10.2 Å². The number of anilines is 2. The van der Waals surface area contributed by atoms with Gasteiger partial charge in [0.15, 0.2) is 5.13 Å². The van der Waals surface area contributed by atoms with Crippen LogP contribution in [0.15, 0.2) is 65.0 Å². The first-order valence-corrected chi connectivity index (χ1v) is 12.5. The lowest BCUT2D eigenvalue weighted by atomic mass is 10.1. The van der Waals surface area contributed by atoms with E-state index in [0.717, 1.165) is 5.56 Å². The molecule has 3 aromatic rings. The van der Waals surface area contributed by atoms with E-state index in [-0.39, 0.29) is 34.1 Å². The Morgan fingerprint density at radius 3 is 2.55 bits per heavy atom. The molecule has 2 N–H and O–H groups in total. The van der Waals surface area contributed by atoms with Gasteiger partial charge in [-0.15, -0.1) is 11.3 Å². The van der Waals surface area contributed by atoms with Crippen LogP contribution in [0.25, 0.3) is 0 Å². The minimum atomic E-state index is -3.78. The number of aromatic nitrogens is 1. The number of halogens is 1. The Morgan fingerprint density at radius 1 is 1.15 bits per heavy atom. The van der Waals surface area contributed by atoms with Crippen LogP contribution in [-0.2, 0) is 26.0 Å². The van der Waals surface area contributed by atoms with Crippen molar-refractivity contribution < 1.29 is 22.4 Å². The molecular weight excluding hydrogens is 467 g/mol. The quantitative estimate of drug-likeness (QED) is 0.507. The fraction of sp³-hybridized carbons (Fsp3) is 0.227. The van der Waals surface area contributed by atoms with Crippen molar-refractivity contribution in [3.8, 4) is 0 Å². The summed E-state index contributed by atoms with van der Waals surface area (Å²) in [5.41, 5.74) is 1.35. The number of likely N-dealkylation sites (tertiary alicyclic amines) is 1. The number of nitrogens with zero attached hydrogens (tertiary/aromatic N) is 2. The number of carbonyl (C=O) groups is 2. The summed E-state index contributed by atoms with van der Waals surface area (Å²) in [6, 6.07) is 11.9. The second-order valence-corrected chi connectivity index (χ2v) is 10.2. The van der Waals surface area contributed by atoms with E-state index in [1.54, 1.807) is 22.4 Å². The molecule has 1 aliphatic rings. The highest BCUT2D eigenvalue weighted by molar-refractivity contribution is 7.93. The van der Waals surface area contributed by atoms with Crippen molar-refractivity contribution in [1.82, 2.24) is 9.88 Å². The molecule has 1 saturated heterocycles. The Labute approximate surface area is 194 Å². The van der Waals surface area contributed by atoms with E-state index in [2.05, 4.69) is 15.0 Å². The third-order valence-corrected chi connectivity index (χ3v) is 7.43. The zero-order valence-electron chi connectivity index (χ0n) is 17.4. The molecule has 1 fully saturated rings. The Hall–Kier alpha value is -3.31. The van der Waals surface area contributed by atoms with Gasteiger partial charge in [-0.3, -0.25) is 14.3 Å². The smallest absolute Gasteiger partial charge is 0.263 e. The average molecular weight is 489 g/mol. The molecule has 1 aliphatic heterocycles. The molecular formula is C22H21FN4O4S2. The van der Waals surface area contributed by atoms with E-state index in [9.17, 15) is 22.4 Å².